The van der Waals surface area contributed by atoms with Crippen molar-refractivity contribution in [1.82, 2.24) is 4.98 Å². The average molecular weight is 230 g/mol. The molecule has 88 valence electrons. The van der Waals surface area contributed by atoms with Gasteiger partial charge in [-0.05, 0) is 24.5 Å². The molecule has 1 atom stereocenters. The number of hydrogen-bond donors (Lipinski definition) is 0. The third-order valence-corrected chi connectivity index (χ3v) is 2.82. The second-order valence-corrected chi connectivity index (χ2v) is 4.24. The first kappa shape index (κ1) is 11.2. The highest BCUT2D eigenvalue weighted by Gasteiger charge is 2.31. The molecule has 2 heterocycles. The minimum Gasteiger partial charge on any atom is -0.356 e. The monoisotopic (exact) mass is 230 g/mol. The summed E-state index contributed by atoms with van der Waals surface area (Å²) in [7, 11) is 0. The van der Waals surface area contributed by atoms with E-state index in [0.29, 0.717) is 11.7 Å². The number of rotatable bonds is 1. The molecule has 1 fully saturated rings. The van der Waals surface area contributed by atoms with Crippen LogP contribution < -0.4 is 4.90 Å². The molecule has 1 aliphatic heterocycles. The largest absolute Gasteiger partial charge is 0.416 e. The smallest absolute Gasteiger partial charge is 0.356 e. The van der Waals surface area contributed by atoms with Crippen molar-refractivity contribution in [3.63, 3.8) is 0 Å². The van der Waals surface area contributed by atoms with Crippen molar-refractivity contribution in [3.8, 4) is 0 Å². The van der Waals surface area contributed by atoms with Gasteiger partial charge < -0.3 is 4.90 Å². The number of aromatic nitrogens is 1. The van der Waals surface area contributed by atoms with E-state index in [-0.39, 0.29) is 0 Å². The summed E-state index contributed by atoms with van der Waals surface area (Å²) in [6, 6.07) is 2.13. The van der Waals surface area contributed by atoms with Crippen LogP contribution >= 0.6 is 0 Å². The summed E-state index contributed by atoms with van der Waals surface area (Å²) in [5, 5.41) is 0. The maximum absolute atomic E-state index is 12.5. The molecule has 0 aliphatic carbocycles. The molecule has 0 N–H and O–H groups in total. The minimum absolute atomic E-state index is 0.430. The SMILES string of the molecule is C[C@@H]1CCN(c2cc(C(F)(F)F)ccn2)C1. The van der Waals surface area contributed by atoms with E-state index in [9.17, 15) is 13.2 Å². The van der Waals surface area contributed by atoms with Crippen molar-refractivity contribution in [1.29, 1.82) is 0 Å². The van der Waals surface area contributed by atoms with E-state index in [4.69, 9.17) is 0 Å². The first-order valence-corrected chi connectivity index (χ1v) is 5.25. The van der Waals surface area contributed by atoms with Gasteiger partial charge in [-0.2, -0.15) is 13.2 Å². The predicted molar refractivity (Wildman–Crippen MR) is 55.2 cm³/mol. The molecular weight excluding hydrogens is 217 g/mol. The molecule has 0 unspecified atom stereocenters. The molecular formula is C11H13F3N2. The molecule has 0 bridgehead atoms. The van der Waals surface area contributed by atoms with Crippen LogP contribution in [0.25, 0.3) is 0 Å². The Balaban J connectivity index is 2.23. The minimum atomic E-state index is -4.29. The maximum Gasteiger partial charge on any atom is 0.416 e. The molecule has 5 heteroatoms. The van der Waals surface area contributed by atoms with Gasteiger partial charge in [-0.15, -0.1) is 0 Å². The Morgan fingerprint density at radius 3 is 2.75 bits per heavy atom. The number of anilines is 1. The fourth-order valence-corrected chi connectivity index (χ4v) is 1.91. The van der Waals surface area contributed by atoms with E-state index in [1.54, 1.807) is 0 Å². The van der Waals surface area contributed by atoms with Gasteiger partial charge in [0.15, 0.2) is 0 Å². The molecule has 1 aliphatic rings. The highest BCUT2D eigenvalue weighted by molar-refractivity contribution is 5.42. The van der Waals surface area contributed by atoms with Crippen LogP contribution in [-0.2, 0) is 6.18 Å². The standard InChI is InChI=1S/C11H13F3N2/c1-8-3-5-16(7-8)10-6-9(2-4-15-10)11(12,13)14/h2,4,6,8H,3,5,7H2,1H3/t8-/m1/s1. The van der Waals surface area contributed by atoms with Gasteiger partial charge in [0.05, 0.1) is 5.56 Å². The van der Waals surface area contributed by atoms with Gasteiger partial charge in [0.25, 0.3) is 0 Å². The Labute approximate surface area is 92.1 Å². The molecule has 0 aromatic carbocycles. The lowest BCUT2D eigenvalue weighted by molar-refractivity contribution is -0.137. The van der Waals surface area contributed by atoms with Gasteiger partial charge in [0, 0.05) is 19.3 Å². The van der Waals surface area contributed by atoms with Crippen molar-refractivity contribution >= 4 is 5.82 Å². The summed E-state index contributed by atoms with van der Waals surface area (Å²) in [6.45, 7) is 3.66. The number of hydrogen-bond acceptors (Lipinski definition) is 2. The first-order chi connectivity index (χ1) is 7.47. The normalized spacial score (nSPS) is 21.5. The summed E-state index contributed by atoms with van der Waals surface area (Å²) < 4.78 is 37.5. The Hall–Kier alpha value is -1.26. The molecule has 2 rings (SSSR count). The summed E-state index contributed by atoms with van der Waals surface area (Å²) in [5.74, 6) is 0.954. The highest BCUT2D eigenvalue weighted by atomic mass is 19.4. The third-order valence-electron chi connectivity index (χ3n) is 2.82. The van der Waals surface area contributed by atoms with Crippen molar-refractivity contribution in [2.75, 3.05) is 18.0 Å². The fourth-order valence-electron chi connectivity index (χ4n) is 1.91. The Morgan fingerprint density at radius 2 is 2.19 bits per heavy atom. The summed E-state index contributed by atoms with van der Waals surface area (Å²) in [5.41, 5.74) is -0.628. The Kier molecular flexibility index (Phi) is 2.78. The third kappa shape index (κ3) is 2.28. The van der Waals surface area contributed by atoms with Crippen LogP contribution in [0, 0.1) is 5.92 Å². The number of pyridine rings is 1. The molecule has 0 amide bonds. The molecule has 0 radical (unpaired) electrons. The van der Waals surface area contributed by atoms with E-state index in [2.05, 4.69) is 11.9 Å². The quantitative estimate of drug-likeness (QED) is 0.737. The average Bonchev–Trinajstić information content (AvgIpc) is 2.64. The Bertz CT molecular complexity index is 376. The van der Waals surface area contributed by atoms with Gasteiger partial charge in [0.2, 0.25) is 0 Å². The lowest BCUT2D eigenvalue weighted by Crippen LogP contribution is -2.21. The molecule has 1 aromatic heterocycles. The number of nitrogens with zero attached hydrogens (tertiary/aromatic N) is 2. The predicted octanol–water partition coefficient (Wildman–Crippen LogP) is 2.95. The van der Waals surface area contributed by atoms with Crippen molar-refractivity contribution < 1.29 is 13.2 Å². The van der Waals surface area contributed by atoms with Gasteiger partial charge in [0.1, 0.15) is 5.82 Å². The van der Waals surface area contributed by atoms with Crippen LogP contribution in [0.2, 0.25) is 0 Å². The number of alkyl halides is 3. The summed E-state index contributed by atoms with van der Waals surface area (Å²) in [6.07, 6.45) is -2.05. The first-order valence-electron chi connectivity index (χ1n) is 5.25. The lowest BCUT2D eigenvalue weighted by atomic mass is 10.2. The second kappa shape index (κ2) is 3.96. The molecule has 1 aromatic rings. The molecule has 0 spiro atoms. The molecule has 2 nitrogen and oxygen atoms in total. The summed E-state index contributed by atoms with van der Waals surface area (Å²) in [4.78, 5) is 5.90. The zero-order valence-electron chi connectivity index (χ0n) is 8.96. The zero-order chi connectivity index (χ0) is 11.8. The molecule has 1 saturated heterocycles. The van der Waals surface area contributed by atoms with Crippen molar-refractivity contribution in [2.24, 2.45) is 5.92 Å². The van der Waals surface area contributed by atoms with Crippen LogP contribution in [0.4, 0.5) is 19.0 Å². The van der Waals surface area contributed by atoms with Crippen molar-refractivity contribution in [3.05, 3.63) is 23.9 Å². The van der Waals surface area contributed by atoms with Gasteiger partial charge >= 0.3 is 6.18 Å². The van der Waals surface area contributed by atoms with E-state index >= 15 is 0 Å². The Morgan fingerprint density at radius 1 is 1.44 bits per heavy atom. The van der Waals surface area contributed by atoms with E-state index < -0.39 is 11.7 Å². The number of halogens is 3. The van der Waals surface area contributed by atoms with Crippen LogP contribution in [0.15, 0.2) is 18.3 Å². The summed E-state index contributed by atoms with van der Waals surface area (Å²) >= 11 is 0. The maximum atomic E-state index is 12.5. The van der Waals surface area contributed by atoms with Crippen LogP contribution in [0.1, 0.15) is 18.9 Å². The zero-order valence-corrected chi connectivity index (χ0v) is 8.96. The molecule has 16 heavy (non-hydrogen) atoms. The highest BCUT2D eigenvalue weighted by Crippen LogP contribution is 2.31. The topological polar surface area (TPSA) is 16.1 Å². The van der Waals surface area contributed by atoms with Crippen molar-refractivity contribution in [2.45, 2.75) is 19.5 Å². The molecule has 0 saturated carbocycles. The van der Waals surface area contributed by atoms with Crippen LogP contribution in [-0.4, -0.2) is 18.1 Å². The van der Waals surface area contributed by atoms with Crippen LogP contribution in [0.5, 0.6) is 0 Å². The van der Waals surface area contributed by atoms with Crippen LogP contribution in [0.3, 0.4) is 0 Å². The second-order valence-electron chi connectivity index (χ2n) is 4.24. The lowest BCUT2D eigenvalue weighted by Gasteiger charge is -2.18. The van der Waals surface area contributed by atoms with E-state index in [0.717, 1.165) is 31.6 Å². The van der Waals surface area contributed by atoms with E-state index in [1.807, 2.05) is 4.90 Å². The van der Waals surface area contributed by atoms with Gasteiger partial charge in [-0.1, -0.05) is 6.92 Å². The van der Waals surface area contributed by atoms with Gasteiger partial charge in [-0.25, -0.2) is 4.98 Å². The van der Waals surface area contributed by atoms with Gasteiger partial charge in [-0.3, -0.25) is 0 Å². The fraction of sp³-hybridized carbons (Fsp3) is 0.545. The van der Waals surface area contributed by atoms with E-state index in [1.165, 1.54) is 6.20 Å².